The zero-order chi connectivity index (χ0) is 17.5. The minimum absolute atomic E-state index is 0.124. The van der Waals surface area contributed by atoms with Gasteiger partial charge in [-0.1, -0.05) is 6.07 Å². The lowest BCUT2D eigenvalue weighted by Gasteiger charge is -2.21. The molecule has 24 heavy (non-hydrogen) atoms. The first-order valence-corrected chi connectivity index (χ1v) is 8.03. The fourth-order valence-corrected chi connectivity index (χ4v) is 2.44. The van der Waals surface area contributed by atoms with Gasteiger partial charge in [-0.05, 0) is 44.2 Å². The summed E-state index contributed by atoms with van der Waals surface area (Å²) in [5.41, 5.74) is 3.03. The summed E-state index contributed by atoms with van der Waals surface area (Å²) in [7, 11) is 0. The Hall–Kier alpha value is -2.82. The molecule has 2 aromatic carbocycles. The second kappa shape index (κ2) is 8.15. The molecule has 0 saturated heterocycles. The molecule has 0 aliphatic rings. The van der Waals surface area contributed by atoms with Crippen molar-refractivity contribution in [3.63, 3.8) is 0 Å². The van der Waals surface area contributed by atoms with Crippen molar-refractivity contribution in [3.05, 3.63) is 48.0 Å². The number of aromatic hydroxyl groups is 1. The van der Waals surface area contributed by atoms with Crippen molar-refractivity contribution in [2.45, 2.75) is 20.8 Å². The fraction of sp³-hybridized carbons (Fsp3) is 0.263. The molecule has 126 valence electrons. The Morgan fingerprint density at radius 1 is 1.21 bits per heavy atom. The number of anilines is 2. The molecule has 0 aliphatic carbocycles. The number of nitrogens with zero attached hydrogens (tertiary/aromatic N) is 2. The normalized spacial score (nSPS) is 10.8. The molecular formula is C19H23N3O2. The Labute approximate surface area is 142 Å². The van der Waals surface area contributed by atoms with Crippen LogP contribution in [0.25, 0.3) is 0 Å². The summed E-state index contributed by atoms with van der Waals surface area (Å²) in [6.45, 7) is 7.40. The lowest BCUT2D eigenvalue weighted by Crippen LogP contribution is -2.21. The van der Waals surface area contributed by atoms with Crippen LogP contribution in [0.2, 0.25) is 0 Å². The molecule has 2 N–H and O–H groups in total. The molecule has 2 aromatic rings. The number of nitrogens with one attached hydrogen (secondary N) is 1. The Morgan fingerprint density at radius 3 is 2.58 bits per heavy atom. The molecule has 2 rings (SSSR count). The minimum Gasteiger partial charge on any atom is -0.507 e. The van der Waals surface area contributed by atoms with Crippen molar-refractivity contribution in [2.75, 3.05) is 23.3 Å². The number of benzene rings is 2. The largest absolute Gasteiger partial charge is 0.507 e. The van der Waals surface area contributed by atoms with E-state index in [0.29, 0.717) is 16.9 Å². The van der Waals surface area contributed by atoms with E-state index in [0.717, 1.165) is 18.8 Å². The van der Waals surface area contributed by atoms with Gasteiger partial charge in [0, 0.05) is 49.2 Å². The van der Waals surface area contributed by atoms with Gasteiger partial charge in [0.2, 0.25) is 5.91 Å². The molecule has 0 aromatic heterocycles. The standard InChI is InChI=1S/C19H23N3O2/c1-4-22(5-2)18-10-9-15(19(24)12-18)13-20-16-7-6-8-17(11-16)21-14(3)23/h6-13,24H,4-5H2,1-3H3,(H,21,23). The molecule has 0 spiro atoms. The second-order valence-electron chi connectivity index (χ2n) is 5.41. The van der Waals surface area contributed by atoms with Gasteiger partial charge in [0.25, 0.3) is 0 Å². The highest BCUT2D eigenvalue weighted by molar-refractivity contribution is 5.90. The number of carbonyl (C=O) groups is 1. The van der Waals surface area contributed by atoms with Gasteiger partial charge in [-0.15, -0.1) is 0 Å². The van der Waals surface area contributed by atoms with Crippen molar-refractivity contribution in [2.24, 2.45) is 4.99 Å². The van der Waals surface area contributed by atoms with Crippen molar-refractivity contribution in [1.29, 1.82) is 0 Å². The number of phenolic OH excluding ortho intramolecular Hbond substituents is 1. The van der Waals surface area contributed by atoms with Crippen LogP contribution in [-0.4, -0.2) is 30.3 Å². The molecule has 5 heteroatoms. The number of carbonyl (C=O) groups excluding carboxylic acids is 1. The average molecular weight is 325 g/mol. The first-order chi connectivity index (χ1) is 11.5. The maximum Gasteiger partial charge on any atom is 0.221 e. The van der Waals surface area contributed by atoms with Crippen LogP contribution >= 0.6 is 0 Å². The van der Waals surface area contributed by atoms with Gasteiger partial charge < -0.3 is 15.3 Å². The molecule has 0 heterocycles. The lowest BCUT2D eigenvalue weighted by atomic mass is 10.1. The van der Waals surface area contributed by atoms with E-state index in [1.807, 2.05) is 24.3 Å². The van der Waals surface area contributed by atoms with E-state index in [1.54, 1.807) is 24.4 Å². The maximum atomic E-state index is 11.1. The summed E-state index contributed by atoms with van der Waals surface area (Å²) < 4.78 is 0. The zero-order valence-electron chi connectivity index (χ0n) is 14.3. The summed E-state index contributed by atoms with van der Waals surface area (Å²) in [5, 5.41) is 12.9. The summed E-state index contributed by atoms with van der Waals surface area (Å²) in [4.78, 5) is 17.6. The highest BCUT2D eigenvalue weighted by Crippen LogP contribution is 2.24. The third kappa shape index (κ3) is 4.59. The fourth-order valence-electron chi connectivity index (χ4n) is 2.44. The summed E-state index contributed by atoms with van der Waals surface area (Å²) in [6, 6.07) is 12.8. The van der Waals surface area contributed by atoms with Gasteiger partial charge >= 0.3 is 0 Å². The van der Waals surface area contributed by atoms with Gasteiger partial charge in [-0.25, -0.2) is 0 Å². The van der Waals surface area contributed by atoms with Gasteiger partial charge in [-0.2, -0.15) is 0 Å². The smallest absolute Gasteiger partial charge is 0.221 e. The predicted molar refractivity (Wildman–Crippen MR) is 99.7 cm³/mol. The topological polar surface area (TPSA) is 64.9 Å². The first kappa shape index (κ1) is 17.5. The third-order valence-electron chi connectivity index (χ3n) is 3.66. The number of amides is 1. The van der Waals surface area contributed by atoms with Crippen LogP contribution in [0.5, 0.6) is 5.75 Å². The Balaban J connectivity index is 2.18. The number of rotatable bonds is 6. The van der Waals surface area contributed by atoms with Gasteiger partial charge in [0.1, 0.15) is 5.75 Å². The van der Waals surface area contributed by atoms with E-state index in [-0.39, 0.29) is 11.7 Å². The van der Waals surface area contributed by atoms with Crippen LogP contribution in [0.15, 0.2) is 47.5 Å². The Bertz CT molecular complexity index is 737. The maximum absolute atomic E-state index is 11.1. The van der Waals surface area contributed by atoms with Crippen LogP contribution in [0, 0.1) is 0 Å². The Kier molecular flexibility index (Phi) is 5.95. The van der Waals surface area contributed by atoms with Crippen LogP contribution in [0.3, 0.4) is 0 Å². The molecule has 0 fully saturated rings. The summed E-state index contributed by atoms with van der Waals surface area (Å²) >= 11 is 0. The first-order valence-electron chi connectivity index (χ1n) is 8.03. The zero-order valence-corrected chi connectivity index (χ0v) is 14.3. The highest BCUT2D eigenvalue weighted by Gasteiger charge is 2.05. The molecule has 5 nitrogen and oxygen atoms in total. The number of aliphatic imine (C=N–C) groups is 1. The van der Waals surface area contributed by atoms with E-state index < -0.39 is 0 Å². The van der Waals surface area contributed by atoms with Crippen LogP contribution < -0.4 is 10.2 Å². The summed E-state index contributed by atoms with van der Waals surface area (Å²) in [5.74, 6) is 0.0712. The van der Waals surface area contributed by atoms with Crippen molar-refractivity contribution in [3.8, 4) is 5.75 Å². The predicted octanol–water partition coefficient (Wildman–Crippen LogP) is 3.95. The van der Waals surface area contributed by atoms with Crippen molar-refractivity contribution < 1.29 is 9.90 Å². The highest BCUT2D eigenvalue weighted by atomic mass is 16.3. The van der Waals surface area contributed by atoms with Crippen LogP contribution in [-0.2, 0) is 4.79 Å². The number of hydrogen-bond acceptors (Lipinski definition) is 4. The molecule has 0 atom stereocenters. The SMILES string of the molecule is CCN(CC)c1ccc(C=Nc2cccc(NC(C)=O)c2)c(O)c1. The van der Waals surface area contributed by atoms with Crippen LogP contribution in [0.4, 0.5) is 17.1 Å². The van der Waals surface area contributed by atoms with Gasteiger partial charge in [0.15, 0.2) is 0 Å². The second-order valence-corrected chi connectivity index (χ2v) is 5.41. The number of hydrogen-bond donors (Lipinski definition) is 2. The molecule has 1 amide bonds. The molecular weight excluding hydrogens is 302 g/mol. The lowest BCUT2D eigenvalue weighted by molar-refractivity contribution is -0.114. The molecule has 0 unspecified atom stereocenters. The molecule has 0 aliphatic heterocycles. The minimum atomic E-state index is -0.124. The van der Waals surface area contributed by atoms with E-state index >= 15 is 0 Å². The van der Waals surface area contributed by atoms with E-state index in [4.69, 9.17) is 0 Å². The van der Waals surface area contributed by atoms with Crippen molar-refractivity contribution in [1.82, 2.24) is 0 Å². The van der Waals surface area contributed by atoms with E-state index in [2.05, 4.69) is 29.1 Å². The van der Waals surface area contributed by atoms with Crippen molar-refractivity contribution >= 4 is 29.2 Å². The Morgan fingerprint density at radius 2 is 1.96 bits per heavy atom. The molecule has 0 radical (unpaired) electrons. The van der Waals surface area contributed by atoms with Crippen LogP contribution in [0.1, 0.15) is 26.3 Å². The van der Waals surface area contributed by atoms with E-state index in [1.165, 1.54) is 6.92 Å². The molecule has 0 bridgehead atoms. The van der Waals surface area contributed by atoms with Gasteiger partial charge in [0.05, 0.1) is 5.69 Å². The van der Waals surface area contributed by atoms with Gasteiger partial charge in [-0.3, -0.25) is 9.79 Å². The van der Waals surface area contributed by atoms with E-state index in [9.17, 15) is 9.90 Å². The average Bonchev–Trinajstić information content (AvgIpc) is 2.55. The number of phenols is 1. The summed E-state index contributed by atoms with van der Waals surface area (Å²) in [6.07, 6.45) is 1.62. The quantitative estimate of drug-likeness (QED) is 0.790. The molecule has 0 saturated carbocycles. The third-order valence-corrected chi connectivity index (χ3v) is 3.66. The monoisotopic (exact) mass is 325 g/mol.